The van der Waals surface area contributed by atoms with Gasteiger partial charge in [0, 0.05) is 23.6 Å². The average Bonchev–Trinajstić information content (AvgIpc) is 3.25. The van der Waals surface area contributed by atoms with Crippen molar-refractivity contribution in [3.8, 4) is 5.69 Å². The minimum Gasteiger partial charge on any atom is -0.444 e. The Balaban J connectivity index is 1.59. The van der Waals surface area contributed by atoms with Gasteiger partial charge in [-0.2, -0.15) is 0 Å². The van der Waals surface area contributed by atoms with E-state index in [1.54, 1.807) is 45.0 Å². The van der Waals surface area contributed by atoms with Gasteiger partial charge in [0.2, 0.25) is 0 Å². The predicted molar refractivity (Wildman–Crippen MR) is 117 cm³/mol. The molecule has 0 unspecified atom stereocenters. The highest BCUT2D eigenvalue weighted by molar-refractivity contribution is 6.01. The fraction of sp³-hybridized carbons (Fsp3) is 0.174. The van der Waals surface area contributed by atoms with Crippen molar-refractivity contribution in [1.29, 1.82) is 0 Å². The lowest BCUT2D eigenvalue weighted by Gasteiger charge is -2.19. The molecule has 0 spiro atoms. The van der Waals surface area contributed by atoms with Crippen molar-refractivity contribution in [2.24, 2.45) is 0 Å². The molecular formula is C23H24N4O4. The monoisotopic (exact) mass is 420 g/mol. The first kappa shape index (κ1) is 21.6. The summed E-state index contributed by atoms with van der Waals surface area (Å²) in [5, 5.41) is 2.59. The highest BCUT2D eigenvalue weighted by atomic mass is 16.6. The van der Waals surface area contributed by atoms with Crippen LogP contribution < -0.4 is 16.2 Å². The quantitative estimate of drug-likeness (QED) is 0.557. The van der Waals surface area contributed by atoms with E-state index < -0.39 is 23.5 Å². The van der Waals surface area contributed by atoms with Gasteiger partial charge in [0.25, 0.3) is 11.8 Å². The van der Waals surface area contributed by atoms with Gasteiger partial charge in [-0.1, -0.05) is 12.1 Å². The van der Waals surface area contributed by atoms with Gasteiger partial charge in [-0.05, 0) is 69.3 Å². The van der Waals surface area contributed by atoms with Gasteiger partial charge in [-0.25, -0.2) is 4.79 Å². The van der Waals surface area contributed by atoms with Gasteiger partial charge in [-0.3, -0.25) is 25.8 Å². The summed E-state index contributed by atoms with van der Waals surface area (Å²) >= 11 is 0. The highest BCUT2D eigenvalue weighted by Gasteiger charge is 2.17. The summed E-state index contributed by atoms with van der Waals surface area (Å²) in [5.41, 5.74) is 6.12. The molecule has 3 aromatic rings. The molecule has 0 atom stereocenters. The van der Waals surface area contributed by atoms with Crippen LogP contribution in [0.5, 0.6) is 0 Å². The van der Waals surface area contributed by atoms with E-state index in [2.05, 4.69) is 16.2 Å². The largest absolute Gasteiger partial charge is 0.444 e. The lowest BCUT2D eigenvalue weighted by Crippen LogP contribution is -2.41. The zero-order chi connectivity index (χ0) is 22.4. The third kappa shape index (κ3) is 5.96. The van der Waals surface area contributed by atoms with Crippen LogP contribution in [0.15, 0.2) is 73.1 Å². The Hall–Kier alpha value is -4.07. The fourth-order valence-corrected chi connectivity index (χ4v) is 2.77. The molecule has 0 bridgehead atoms. The lowest BCUT2D eigenvalue weighted by atomic mass is 10.1. The first-order valence-electron chi connectivity index (χ1n) is 9.66. The zero-order valence-corrected chi connectivity index (χ0v) is 17.5. The molecule has 8 nitrogen and oxygen atoms in total. The number of hydrogen-bond acceptors (Lipinski definition) is 4. The summed E-state index contributed by atoms with van der Waals surface area (Å²) in [6.07, 6.45) is 3.08. The number of benzene rings is 2. The van der Waals surface area contributed by atoms with E-state index in [1.165, 1.54) is 12.1 Å². The number of nitrogens with one attached hydrogen (secondary N) is 3. The van der Waals surface area contributed by atoms with E-state index in [-0.39, 0.29) is 0 Å². The number of carbonyl (C=O) groups excluding carboxylic acids is 3. The topological polar surface area (TPSA) is 101 Å². The number of ether oxygens (including phenoxy) is 1. The van der Waals surface area contributed by atoms with Crippen LogP contribution in [-0.4, -0.2) is 28.1 Å². The normalized spacial score (nSPS) is 10.8. The van der Waals surface area contributed by atoms with Gasteiger partial charge in [0.15, 0.2) is 0 Å². The van der Waals surface area contributed by atoms with Gasteiger partial charge < -0.3 is 9.30 Å². The number of amides is 3. The number of hydrogen-bond donors (Lipinski definition) is 3. The van der Waals surface area contributed by atoms with Crippen LogP contribution in [0.2, 0.25) is 0 Å². The Bertz CT molecular complexity index is 1070. The maximum atomic E-state index is 12.6. The van der Waals surface area contributed by atoms with Gasteiger partial charge in [-0.15, -0.1) is 0 Å². The minimum absolute atomic E-state index is 0.314. The summed E-state index contributed by atoms with van der Waals surface area (Å²) in [7, 11) is 0. The number of hydrazine groups is 1. The van der Waals surface area contributed by atoms with Crippen LogP contribution in [0.25, 0.3) is 5.69 Å². The Morgan fingerprint density at radius 2 is 1.42 bits per heavy atom. The lowest BCUT2D eigenvalue weighted by molar-refractivity contribution is 0.0635. The van der Waals surface area contributed by atoms with E-state index in [4.69, 9.17) is 4.74 Å². The van der Waals surface area contributed by atoms with Crippen LogP contribution in [0.1, 0.15) is 41.5 Å². The summed E-state index contributed by atoms with van der Waals surface area (Å²) in [5.74, 6) is -0.934. The van der Waals surface area contributed by atoms with E-state index in [0.29, 0.717) is 22.5 Å². The van der Waals surface area contributed by atoms with Crippen molar-refractivity contribution in [1.82, 2.24) is 15.4 Å². The van der Waals surface area contributed by atoms with Crippen molar-refractivity contribution in [3.05, 3.63) is 84.2 Å². The Morgan fingerprint density at radius 1 is 0.806 bits per heavy atom. The first-order valence-corrected chi connectivity index (χ1v) is 9.66. The molecule has 1 aromatic heterocycles. The molecule has 0 fully saturated rings. The number of para-hydroxylation sites is 1. The van der Waals surface area contributed by atoms with Crippen molar-refractivity contribution in [2.75, 3.05) is 5.32 Å². The van der Waals surface area contributed by atoms with Crippen molar-refractivity contribution >= 4 is 23.6 Å². The summed E-state index contributed by atoms with van der Waals surface area (Å²) < 4.78 is 7.00. The number of nitrogens with zero attached hydrogens (tertiary/aromatic N) is 1. The number of carbonyl (C=O) groups is 3. The summed E-state index contributed by atoms with van der Waals surface area (Å²) in [6, 6.07) is 17.0. The maximum Gasteiger partial charge on any atom is 0.412 e. The van der Waals surface area contributed by atoms with Crippen LogP contribution in [0.4, 0.5) is 10.5 Å². The fourth-order valence-electron chi connectivity index (χ4n) is 2.77. The van der Waals surface area contributed by atoms with Crippen LogP contribution in [-0.2, 0) is 4.74 Å². The molecule has 8 heteroatoms. The van der Waals surface area contributed by atoms with Gasteiger partial charge in [0.05, 0.1) is 11.3 Å². The molecule has 0 aliphatic heterocycles. The number of aromatic nitrogens is 1. The second kappa shape index (κ2) is 9.17. The van der Waals surface area contributed by atoms with E-state index in [1.807, 2.05) is 41.2 Å². The molecular weight excluding hydrogens is 396 g/mol. The second-order valence-electron chi connectivity index (χ2n) is 7.72. The molecule has 0 saturated heterocycles. The maximum absolute atomic E-state index is 12.6. The summed E-state index contributed by atoms with van der Waals surface area (Å²) in [4.78, 5) is 36.8. The molecule has 3 N–H and O–H groups in total. The number of rotatable bonds is 4. The SMILES string of the molecule is CC(C)(C)OC(=O)Nc1ccc(C(=O)NNC(=O)c2ccccc2-n2cccc2)cc1. The van der Waals surface area contributed by atoms with Crippen molar-refractivity contribution < 1.29 is 19.1 Å². The highest BCUT2D eigenvalue weighted by Crippen LogP contribution is 2.15. The molecule has 0 aliphatic rings. The van der Waals surface area contributed by atoms with Crippen LogP contribution in [0, 0.1) is 0 Å². The summed E-state index contributed by atoms with van der Waals surface area (Å²) in [6.45, 7) is 5.31. The third-order valence-corrected chi connectivity index (χ3v) is 4.11. The molecule has 2 aromatic carbocycles. The Morgan fingerprint density at radius 3 is 2.06 bits per heavy atom. The molecule has 3 rings (SSSR count). The smallest absolute Gasteiger partial charge is 0.412 e. The zero-order valence-electron chi connectivity index (χ0n) is 17.5. The Labute approximate surface area is 180 Å². The standard InChI is InChI=1S/C23H24N4O4/c1-23(2,3)31-22(30)24-17-12-10-16(11-13-17)20(28)25-26-21(29)18-8-4-5-9-19(18)27-14-6-7-15-27/h4-15H,1-3H3,(H,24,30)(H,25,28)(H,26,29). The van der Waals surface area contributed by atoms with Gasteiger partial charge >= 0.3 is 6.09 Å². The molecule has 0 saturated carbocycles. The third-order valence-electron chi connectivity index (χ3n) is 4.11. The Kier molecular flexibility index (Phi) is 6.40. The molecule has 1 heterocycles. The minimum atomic E-state index is -0.609. The van der Waals surface area contributed by atoms with E-state index >= 15 is 0 Å². The van der Waals surface area contributed by atoms with Gasteiger partial charge in [0.1, 0.15) is 5.60 Å². The number of anilines is 1. The molecule has 31 heavy (non-hydrogen) atoms. The molecule has 160 valence electrons. The van der Waals surface area contributed by atoms with E-state index in [9.17, 15) is 14.4 Å². The molecule has 0 aliphatic carbocycles. The first-order chi connectivity index (χ1) is 14.7. The second-order valence-corrected chi connectivity index (χ2v) is 7.72. The van der Waals surface area contributed by atoms with Crippen LogP contribution in [0.3, 0.4) is 0 Å². The molecule has 3 amide bonds. The van der Waals surface area contributed by atoms with Crippen molar-refractivity contribution in [3.63, 3.8) is 0 Å². The predicted octanol–water partition coefficient (Wildman–Crippen LogP) is 3.90. The molecule has 0 radical (unpaired) electrons. The van der Waals surface area contributed by atoms with Crippen LogP contribution >= 0.6 is 0 Å². The van der Waals surface area contributed by atoms with E-state index in [0.717, 1.165) is 0 Å². The van der Waals surface area contributed by atoms with Crippen molar-refractivity contribution in [2.45, 2.75) is 26.4 Å². The average molecular weight is 420 g/mol.